The Morgan fingerprint density at radius 1 is 1.23 bits per heavy atom. The van der Waals surface area contributed by atoms with Crippen LogP contribution < -0.4 is 5.32 Å². The van der Waals surface area contributed by atoms with Crippen LogP contribution in [-0.4, -0.2) is 34.8 Å². The van der Waals surface area contributed by atoms with Crippen molar-refractivity contribution in [1.82, 2.24) is 9.97 Å². The summed E-state index contributed by atoms with van der Waals surface area (Å²) >= 11 is 1.70. The molecule has 0 saturated heterocycles. The van der Waals surface area contributed by atoms with Crippen molar-refractivity contribution in [2.24, 2.45) is 0 Å². The van der Waals surface area contributed by atoms with Gasteiger partial charge >= 0.3 is 0 Å². The number of ether oxygens (including phenoxy) is 1. The highest BCUT2D eigenvalue weighted by atomic mass is 32.1. The lowest BCUT2D eigenvalue weighted by Gasteiger charge is -2.12. The average Bonchev–Trinajstić information content (AvgIpc) is 3.03. The number of fused-ring (bicyclic) bond motifs is 1. The van der Waals surface area contributed by atoms with Gasteiger partial charge in [-0.05, 0) is 40.6 Å². The standard InChI is InChI=1S/C16H17N3O2S/c20-14(12-2-3-15-13(10-12)4-9-22-15)11-21-8-7-19-16-17-5-1-6-18-16/h1-6,9-10,14,20H,7-8,11H2,(H,17,18,19). The Morgan fingerprint density at radius 3 is 2.95 bits per heavy atom. The summed E-state index contributed by atoms with van der Waals surface area (Å²) in [7, 11) is 0. The highest BCUT2D eigenvalue weighted by Gasteiger charge is 2.08. The molecule has 114 valence electrons. The lowest BCUT2D eigenvalue weighted by Crippen LogP contribution is -2.14. The van der Waals surface area contributed by atoms with Crippen molar-refractivity contribution >= 4 is 27.4 Å². The van der Waals surface area contributed by atoms with E-state index in [-0.39, 0.29) is 6.61 Å². The summed E-state index contributed by atoms with van der Waals surface area (Å²) in [6.07, 6.45) is 2.75. The number of aliphatic hydroxyl groups is 1. The van der Waals surface area contributed by atoms with E-state index < -0.39 is 6.10 Å². The quantitative estimate of drug-likeness (QED) is 0.656. The Labute approximate surface area is 132 Å². The van der Waals surface area contributed by atoms with Gasteiger partial charge in [0.25, 0.3) is 0 Å². The fourth-order valence-corrected chi connectivity index (χ4v) is 2.88. The first-order chi connectivity index (χ1) is 10.8. The Morgan fingerprint density at radius 2 is 2.09 bits per heavy atom. The highest BCUT2D eigenvalue weighted by Crippen LogP contribution is 2.24. The summed E-state index contributed by atoms with van der Waals surface area (Å²) in [5.74, 6) is 0.578. The van der Waals surface area contributed by atoms with Crippen molar-refractivity contribution in [3.63, 3.8) is 0 Å². The molecule has 3 rings (SSSR count). The van der Waals surface area contributed by atoms with E-state index in [9.17, 15) is 5.11 Å². The van der Waals surface area contributed by atoms with Gasteiger partial charge in [0.1, 0.15) is 6.10 Å². The molecular weight excluding hydrogens is 298 g/mol. The number of benzene rings is 1. The van der Waals surface area contributed by atoms with Crippen LogP contribution in [0.1, 0.15) is 11.7 Å². The van der Waals surface area contributed by atoms with Crippen LogP contribution in [0, 0.1) is 0 Å². The van der Waals surface area contributed by atoms with Crippen LogP contribution >= 0.6 is 11.3 Å². The summed E-state index contributed by atoms with van der Waals surface area (Å²) in [5.41, 5.74) is 0.880. The maximum atomic E-state index is 10.2. The molecule has 5 nitrogen and oxygen atoms in total. The number of aromatic nitrogens is 2. The molecule has 2 aromatic heterocycles. The van der Waals surface area contributed by atoms with Gasteiger partial charge in [0, 0.05) is 23.6 Å². The third-order valence-corrected chi connectivity index (χ3v) is 4.13. The third-order valence-electron chi connectivity index (χ3n) is 3.23. The van der Waals surface area contributed by atoms with Crippen molar-refractivity contribution in [3.05, 3.63) is 53.7 Å². The average molecular weight is 315 g/mol. The lowest BCUT2D eigenvalue weighted by molar-refractivity contribution is 0.0406. The Hall–Kier alpha value is -2.02. The molecular formula is C16H17N3O2S. The first kappa shape index (κ1) is 14.9. The molecule has 0 spiro atoms. The molecule has 1 atom stereocenters. The Balaban J connectivity index is 1.43. The van der Waals surface area contributed by atoms with Crippen molar-refractivity contribution in [2.45, 2.75) is 6.10 Å². The molecule has 0 aliphatic rings. The maximum Gasteiger partial charge on any atom is 0.222 e. The molecule has 0 aliphatic carbocycles. The fraction of sp³-hybridized carbons (Fsp3) is 0.250. The van der Waals surface area contributed by atoms with Gasteiger partial charge in [0.2, 0.25) is 5.95 Å². The zero-order valence-electron chi connectivity index (χ0n) is 12.0. The van der Waals surface area contributed by atoms with E-state index in [0.717, 1.165) is 10.9 Å². The molecule has 0 fully saturated rings. The Kier molecular flexibility index (Phi) is 4.95. The summed E-state index contributed by atoms with van der Waals surface area (Å²) in [6, 6.07) is 9.81. The molecule has 22 heavy (non-hydrogen) atoms. The number of anilines is 1. The molecule has 0 bridgehead atoms. The van der Waals surface area contributed by atoms with Crippen LogP contribution in [0.25, 0.3) is 10.1 Å². The molecule has 2 heterocycles. The van der Waals surface area contributed by atoms with Gasteiger partial charge in [0.15, 0.2) is 0 Å². The topological polar surface area (TPSA) is 67.3 Å². The minimum Gasteiger partial charge on any atom is -0.386 e. The molecule has 3 aromatic rings. The monoisotopic (exact) mass is 315 g/mol. The predicted octanol–water partition coefficient (Wildman–Crippen LogP) is 2.85. The number of nitrogens with one attached hydrogen (secondary N) is 1. The van der Waals surface area contributed by atoms with Gasteiger partial charge < -0.3 is 15.2 Å². The summed E-state index contributed by atoms with van der Waals surface area (Å²) < 4.78 is 6.73. The number of aliphatic hydroxyl groups excluding tert-OH is 1. The van der Waals surface area contributed by atoms with Gasteiger partial charge in [0.05, 0.1) is 13.2 Å². The maximum absolute atomic E-state index is 10.2. The normalized spacial score (nSPS) is 12.4. The molecule has 1 unspecified atom stereocenters. The smallest absolute Gasteiger partial charge is 0.222 e. The Bertz CT molecular complexity index is 717. The second-order valence-electron chi connectivity index (χ2n) is 4.81. The number of nitrogens with zero attached hydrogens (tertiary/aromatic N) is 2. The van der Waals surface area contributed by atoms with E-state index in [4.69, 9.17) is 4.74 Å². The SMILES string of the molecule is OC(COCCNc1ncccn1)c1ccc2sccc2c1. The number of rotatable bonds is 7. The zero-order valence-corrected chi connectivity index (χ0v) is 12.8. The minimum absolute atomic E-state index is 0.271. The van der Waals surface area contributed by atoms with Crippen LogP contribution in [0.2, 0.25) is 0 Å². The largest absolute Gasteiger partial charge is 0.386 e. The van der Waals surface area contributed by atoms with E-state index in [1.54, 1.807) is 29.8 Å². The van der Waals surface area contributed by atoms with E-state index >= 15 is 0 Å². The van der Waals surface area contributed by atoms with Crippen molar-refractivity contribution < 1.29 is 9.84 Å². The van der Waals surface area contributed by atoms with Crippen molar-refractivity contribution in [1.29, 1.82) is 0 Å². The zero-order chi connectivity index (χ0) is 15.2. The van der Waals surface area contributed by atoms with E-state index in [2.05, 4.69) is 26.7 Å². The number of hydrogen-bond acceptors (Lipinski definition) is 6. The van der Waals surface area contributed by atoms with E-state index in [0.29, 0.717) is 19.1 Å². The second kappa shape index (κ2) is 7.31. The van der Waals surface area contributed by atoms with Gasteiger partial charge in [-0.15, -0.1) is 11.3 Å². The van der Waals surface area contributed by atoms with Crippen LogP contribution in [0.5, 0.6) is 0 Å². The molecule has 0 radical (unpaired) electrons. The molecule has 0 saturated carbocycles. The summed E-state index contributed by atoms with van der Waals surface area (Å²) in [5, 5.41) is 16.4. The first-order valence-corrected chi connectivity index (χ1v) is 7.95. The van der Waals surface area contributed by atoms with Crippen molar-refractivity contribution in [3.8, 4) is 0 Å². The van der Waals surface area contributed by atoms with E-state index in [1.165, 1.54) is 4.70 Å². The molecule has 6 heteroatoms. The van der Waals surface area contributed by atoms with Gasteiger partial charge in [-0.3, -0.25) is 0 Å². The molecule has 0 amide bonds. The molecule has 2 N–H and O–H groups in total. The fourth-order valence-electron chi connectivity index (χ4n) is 2.11. The number of thiophene rings is 1. The van der Waals surface area contributed by atoms with Crippen LogP contribution in [0.15, 0.2) is 48.1 Å². The predicted molar refractivity (Wildman–Crippen MR) is 88.1 cm³/mol. The highest BCUT2D eigenvalue weighted by molar-refractivity contribution is 7.17. The lowest BCUT2D eigenvalue weighted by atomic mass is 10.1. The third kappa shape index (κ3) is 3.79. The van der Waals surface area contributed by atoms with E-state index in [1.807, 2.05) is 18.2 Å². The van der Waals surface area contributed by atoms with Crippen LogP contribution in [0.3, 0.4) is 0 Å². The second-order valence-corrected chi connectivity index (χ2v) is 5.76. The number of hydrogen-bond donors (Lipinski definition) is 2. The minimum atomic E-state index is -0.614. The van der Waals surface area contributed by atoms with Gasteiger partial charge in [-0.1, -0.05) is 6.07 Å². The molecule has 0 aliphatic heterocycles. The summed E-state index contributed by atoms with van der Waals surface area (Å²) in [4.78, 5) is 8.11. The van der Waals surface area contributed by atoms with Gasteiger partial charge in [-0.2, -0.15) is 0 Å². The van der Waals surface area contributed by atoms with Crippen molar-refractivity contribution in [2.75, 3.05) is 25.1 Å². The van der Waals surface area contributed by atoms with Crippen LogP contribution in [0.4, 0.5) is 5.95 Å². The first-order valence-electron chi connectivity index (χ1n) is 7.07. The molecule has 1 aromatic carbocycles. The van der Waals surface area contributed by atoms with Gasteiger partial charge in [-0.25, -0.2) is 9.97 Å². The summed E-state index contributed by atoms with van der Waals surface area (Å²) in [6.45, 7) is 1.35. The van der Waals surface area contributed by atoms with Crippen LogP contribution in [-0.2, 0) is 4.74 Å².